The summed E-state index contributed by atoms with van der Waals surface area (Å²) in [5, 5.41) is 2.91. The van der Waals surface area contributed by atoms with Crippen LogP contribution in [0.5, 0.6) is 0 Å². The van der Waals surface area contributed by atoms with Crippen LogP contribution in [0.2, 0.25) is 0 Å². The van der Waals surface area contributed by atoms with E-state index in [0.29, 0.717) is 5.69 Å². The lowest BCUT2D eigenvalue weighted by Crippen LogP contribution is -2.43. The maximum Gasteiger partial charge on any atom is 0.355 e. The van der Waals surface area contributed by atoms with Crippen molar-refractivity contribution in [1.82, 2.24) is 14.1 Å². The normalized spacial score (nSPS) is 11.4. The first-order valence-electron chi connectivity index (χ1n) is 10.7. The molecule has 3 aromatic carbocycles. The number of hydrogen-bond donors (Lipinski definition) is 1. The zero-order valence-corrected chi connectivity index (χ0v) is 21.1. The van der Waals surface area contributed by atoms with Gasteiger partial charge < -0.3 is 5.32 Å². The number of rotatable bonds is 8. The van der Waals surface area contributed by atoms with Crippen molar-refractivity contribution in [1.29, 1.82) is 0 Å². The van der Waals surface area contributed by atoms with Gasteiger partial charge in [-0.3, -0.25) is 4.57 Å². The number of anilines is 2. The van der Waals surface area contributed by atoms with E-state index >= 15 is 0 Å². The number of aryl methyl sites for hydroxylation is 1. The van der Waals surface area contributed by atoms with Gasteiger partial charge in [0.25, 0.3) is 0 Å². The van der Waals surface area contributed by atoms with E-state index in [2.05, 4.69) is 14.8 Å². The van der Waals surface area contributed by atoms with Crippen molar-refractivity contribution in [3.63, 3.8) is 0 Å². The topological polar surface area (TPSA) is 68.9 Å². The van der Waals surface area contributed by atoms with Crippen LogP contribution in [0.1, 0.15) is 22.3 Å². The SMILES string of the molecule is C=IC(F)(F)c1cccc(Nc2nc(=O)n(Cc3ccccc3)c(=O)n2Cc2ccc(C)cc2)c1. The fraction of sp³-hybridized carbons (Fsp3) is 0.154. The monoisotopic (exact) mass is 588 g/mol. The number of benzene rings is 3. The highest BCUT2D eigenvalue weighted by atomic mass is 127. The molecule has 0 aliphatic heterocycles. The fourth-order valence-corrected chi connectivity index (χ4v) is 4.30. The van der Waals surface area contributed by atoms with Crippen molar-refractivity contribution in [2.45, 2.75) is 23.9 Å². The number of hydrogen-bond acceptors (Lipinski definition) is 4. The first kappa shape index (κ1) is 24.6. The third-order valence-electron chi connectivity index (χ3n) is 5.41. The Kier molecular flexibility index (Phi) is 7.34. The fourth-order valence-electron chi connectivity index (χ4n) is 3.52. The van der Waals surface area contributed by atoms with E-state index < -0.39 is 36.0 Å². The van der Waals surface area contributed by atoms with E-state index in [1.165, 1.54) is 22.8 Å². The zero-order chi connectivity index (χ0) is 25.0. The van der Waals surface area contributed by atoms with E-state index in [1.807, 2.05) is 61.5 Å². The molecule has 0 radical (unpaired) electrons. The van der Waals surface area contributed by atoms with Crippen molar-refractivity contribution >= 4 is 36.9 Å². The van der Waals surface area contributed by atoms with Gasteiger partial charge in [0.2, 0.25) is 5.95 Å². The second-order valence-corrected chi connectivity index (χ2v) is 10.1. The molecular formula is C26H23F2IN4O2. The average Bonchev–Trinajstić information content (AvgIpc) is 2.86. The van der Waals surface area contributed by atoms with Gasteiger partial charge in [0.15, 0.2) is 0 Å². The Balaban J connectivity index is 1.79. The Hall–Kier alpha value is -3.47. The Morgan fingerprint density at radius 3 is 2.26 bits per heavy atom. The molecule has 4 rings (SSSR count). The number of nitrogens with one attached hydrogen (secondary N) is 1. The highest BCUT2D eigenvalue weighted by Gasteiger charge is 2.28. The minimum absolute atomic E-state index is 0.0188. The van der Waals surface area contributed by atoms with Gasteiger partial charge in [0.05, 0.1) is 13.1 Å². The molecule has 4 aromatic rings. The van der Waals surface area contributed by atoms with E-state index in [0.717, 1.165) is 21.3 Å². The van der Waals surface area contributed by atoms with Crippen molar-refractivity contribution in [2.75, 3.05) is 5.32 Å². The van der Waals surface area contributed by atoms with Crippen LogP contribution in [0.4, 0.5) is 20.4 Å². The largest absolute Gasteiger partial charge is 0.355 e. The lowest BCUT2D eigenvalue weighted by molar-refractivity contribution is 0.127. The first-order valence-corrected chi connectivity index (χ1v) is 13.3. The molecular weight excluding hydrogens is 565 g/mol. The number of alkyl halides is 3. The lowest BCUT2D eigenvalue weighted by atomic mass is 10.1. The zero-order valence-electron chi connectivity index (χ0n) is 18.9. The predicted molar refractivity (Wildman–Crippen MR) is 143 cm³/mol. The molecule has 0 saturated carbocycles. The predicted octanol–water partition coefficient (Wildman–Crippen LogP) is 5.01. The molecule has 1 heterocycles. The second-order valence-electron chi connectivity index (χ2n) is 7.98. The lowest BCUT2D eigenvalue weighted by Gasteiger charge is -2.17. The highest BCUT2D eigenvalue weighted by Crippen LogP contribution is 2.39. The van der Waals surface area contributed by atoms with Crippen LogP contribution < -0.4 is 16.7 Å². The third-order valence-corrected chi connectivity index (χ3v) is 6.99. The van der Waals surface area contributed by atoms with Crippen molar-refractivity contribution in [3.8, 4) is 0 Å². The molecule has 35 heavy (non-hydrogen) atoms. The van der Waals surface area contributed by atoms with Gasteiger partial charge >= 0.3 is 15.3 Å². The molecule has 0 aliphatic carbocycles. The molecule has 180 valence electrons. The highest BCUT2D eigenvalue weighted by molar-refractivity contribution is 14.2. The average molecular weight is 588 g/mol. The summed E-state index contributed by atoms with van der Waals surface area (Å²) < 4.78 is 31.3. The van der Waals surface area contributed by atoms with Crippen LogP contribution in [0.3, 0.4) is 0 Å². The molecule has 0 spiro atoms. The summed E-state index contributed by atoms with van der Waals surface area (Å²) >= 11 is -1.61. The minimum atomic E-state index is -3.00. The molecule has 1 aromatic heterocycles. The molecule has 9 heteroatoms. The van der Waals surface area contributed by atoms with E-state index in [1.54, 1.807) is 6.07 Å². The van der Waals surface area contributed by atoms with Gasteiger partial charge in [-0.05, 0) is 50.9 Å². The molecule has 0 aliphatic rings. The van der Waals surface area contributed by atoms with E-state index in [-0.39, 0.29) is 24.6 Å². The summed E-state index contributed by atoms with van der Waals surface area (Å²) in [6.07, 6.45) is 0. The van der Waals surface area contributed by atoms with Gasteiger partial charge in [-0.2, -0.15) is 13.8 Å². The van der Waals surface area contributed by atoms with E-state index in [4.69, 9.17) is 0 Å². The molecule has 0 amide bonds. The smallest absolute Gasteiger partial charge is 0.325 e. The number of nitrogens with zero attached hydrogens (tertiary/aromatic N) is 3. The first-order chi connectivity index (χ1) is 16.8. The molecule has 0 saturated heterocycles. The van der Waals surface area contributed by atoms with Gasteiger partial charge in [0, 0.05) is 11.3 Å². The Labute approximate surface area is 210 Å². The summed E-state index contributed by atoms with van der Waals surface area (Å²) in [6, 6.07) is 22.5. The summed E-state index contributed by atoms with van der Waals surface area (Å²) in [7, 11) is 0. The Morgan fingerprint density at radius 2 is 1.57 bits per heavy atom. The Bertz CT molecular complexity index is 1470. The van der Waals surface area contributed by atoms with Gasteiger partial charge in [-0.25, -0.2) is 14.2 Å². The maximum absolute atomic E-state index is 14.2. The quantitative estimate of drug-likeness (QED) is 0.232. The van der Waals surface area contributed by atoms with Crippen LogP contribution >= 0.6 is 20.7 Å². The van der Waals surface area contributed by atoms with Crippen LogP contribution in [0.15, 0.2) is 88.5 Å². The van der Waals surface area contributed by atoms with E-state index in [9.17, 15) is 18.4 Å². The summed E-state index contributed by atoms with van der Waals surface area (Å²) in [6.45, 7) is 2.17. The molecule has 0 fully saturated rings. The Morgan fingerprint density at radius 1 is 0.914 bits per heavy atom. The molecule has 0 atom stereocenters. The van der Waals surface area contributed by atoms with Gasteiger partial charge in [0.1, 0.15) is 0 Å². The third kappa shape index (κ3) is 5.79. The summed E-state index contributed by atoms with van der Waals surface area (Å²) in [5.41, 5.74) is 1.52. The molecule has 6 nitrogen and oxygen atoms in total. The van der Waals surface area contributed by atoms with Crippen molar-refractivity contribution in [3.05, 3.63) is 122 Å². The van der Waals surface area contributed by atoms with Crippen LogP contribution in [0, 0.1) is 6.92 Å². The molecule has 0 unspecified atom stereocenters. The van der Waals surface area contributed by atoms with Gasteiger partial charge in [-0.1, -0.05) is 76.8 Å². The van der Waals surface area contributed by atoms with Crippen molar-refractivity contribution in [2.24, 2.45) is 0 Å². The van der Waals surface area contributed by atoms with Crippen LogP contribution in [-0.4, -0.2) is 18.6 Å². The van der Waals surface area contributed by atoms with Gasteiger partial charge in [-0.15, -0.1) is 0 Å². The summed E-state index contributed by atoms with van der Waals surface area (Å²) in [4.78, 5) is 30.4. The number of halogens is 3. The summed E-state index contributed by atoms with van der Waals surface area (Å²) in [5.74, 6) is -0.0188. The maximum atomic E-state index is 14.2. The standard InChI is InChI=1S/C26H23F2IN4O2/c1-18-11-13-20(14-12-18)16-32-23(30-22-10-6-9-21(15-22)26(27,28)29-2)31-24(34)33(25(32)35)17-19-7-4-3-5-8-19/h3-15H,2,16-17H2,1H3,(H,30,31,34). The van der Waals surface area contributed by atoms with Crippen molar-refractivity contribution < 1.29 is 8.78 Å². The molecule has 0 bridgehead atoms. The number of aromatic nitrogens is 3. The van der Waals surface area contributed by atoms with Crippen LogP contribution in [0.25, 0.3) is 0 Å². The minimum Gasteiger partial charge on any atom is -0.325 e. The van der Waals surface area contributed by atoms with Crippen LogP contribution in [-0.2, 0) is 17.0 Å². The second kappa shape index (κ2) is 10.4. The molecule has 1 N–H and O–H groups in total.